The quantitative estimate of drug-likeness (QED) is 0.682. The highest BCUT2D eigenvalue weighted by Crippen LogP contribution is 2.40. The Morgan fingerprint density at radius 1 is 1.08 bits per heavy atom. The Bertz CT molecular complexity index is 877. The van der Waals surface area contributed by atoms with Gasteiger partial charge in [0.15, 0.2) is 0 Å². The summed E-state index contributed by atoms with van der Waals surface area (Å²) in [6.07, 6.45) is 1.94. The van der Waals surface area contributed by atoms with Crippen molar-refractivity contribution >= 4 is 29.0 Å². The summed E-state index contributed by atoms with van der Waals surface area (Å²) < 4.78 is 1.96. The molecule has 0 amide bonds. The van der Waals surface area contributed by atoms with Crippen LogP contribution in [0.25, 0.3) is 16.9 Å². The molecule has 0 radical (unpaired) electrons. The molecule has 0 aliphatic carbocycles. The van der Waals surface area contributed by atoms with E-state index in [4.69, 9.17) is 28.3 Å². The number of hydrogen-bond acceptors (Lipinski definition) is 2. The molecule has 1 aliphatic heterocycles. The third-order valence-corrected chi connectivity index (χ3v) is 5.07. The van der Waals surface area contributed by atoms with Crippen LogP contribution in [0.15, 0.2) is 42.5 Å². The van der Waals surface area contributed by atoms with Gasteiger partial charge in [-0.15, -0.1) is 0 Å². The number of aryl methyl sites for hydroxylation is 1. The molecular formula is C19H17Cl2N3. The van der Waals surface area contributed by atoms with E-state index in [-0.39, 0.29) is 0 Å². The van der Waals surface area contributed by atoms with Crippen LogP contribution in [0.2, 0.25) is 10.0 Å². The molecule has 1 aromatic heterocycles. The van der Waals surface area contributed by atoms with E-state index in [1.165, 1.54) is 11.1 Å². The summed E-state index contributed by atoms with van der Waals surface area (Å²) in [5.41, 5.74) is 5.19. The fraction of sp³-hybridized carbons (Fsp3) is 0.211. The molecule has 5 heteroatoms. The van der Waals surface area contributed by atoms with Gasteiger partial charge in [0.1, 0.15) is 11.5 Å². The molecule has 1 aliphatic rings. The van der Waals surface area contributed by atoms with Gasteiger partial charge in [-0.05, 0) is 42.7 Å². The summed E-state index contributed by atoms with van der Waals surface area (Å²) >= 11 is 12.8. The molecule has 3 nitrogen and oxygen atoms in total. The minimum absolute atomic E-state index is 0.628. The van der Waals surface area contributed by atoms with Crippen molar-refractivity contribution in [3.05, 3.63) is 63.6 Å². The van der Waals surface area contributed by atoms with Crippen molar-refractivity contribution in [2.75, 3.05) is 11.9 Å². The van der Waals surface area contributed by atoms with Crippen molar-refractivity contribution in [2.24, 2.45) is 0 Å². The zero-order valence-corrected chi connectivity index (χ0v) is 14.8. The fourth-order valence-electron chi connectivity index (χ4n) is 3.16. The van der Waals surface area contributed by atoms with Gasteiger partial charge in [-0.25, -0.2) is 4.68 Å². The van der Waals surface area contributed by atoms with E-state index >= 15 is 0 Å². The van der Waals surface area contributed by atoms with Gasteiger partial charge in [0, 0.05) is 17.7 Å². The molecule has 0 saturated heterocycles. The maximum atomic E-state index is 6.41. The van der Waals surface area contributed by atoms with Crippen LogP contribution in [-0.2, 0) is 12.8 Å². The van der Waals surface area contributed by atoms with Crippen LogP contribution in [0.3, 0.4) is 0 Å². The fourth-order valence-corrected chi connectivity index (χ4v) is 3.74. The first kappa shape index (κ1) is 15.6. The summed E-state index contributed by atoms with van der Waals surface area (Å²) in [4.78, 5) is 0. The number of halogens is 2. The molecule has 4 rings (SSSR count). The highest BCUT2D eigenvalue weighted by molar-refractivity contribution is 6.39. The van der Waals surface area contributed by atoms with Crippen molar-refractivity contribution in [1.82, 2.24) is 9.78 Å². The molecule has 24 heavy (non-hydrogen) atoms. The van der Waals surface area contributed by atoms with Crippen molar-refractivity contribution in [1.29, 1.82) is 0 Å². The Kier molecular flexibility index (Phi) is 3.99. The van der Waals surface area contributed by atoms with Crippen LogP contribution >= 0.6 is 23.2 Å². The van der Waals surface area contributed by atoms with Gasteiger partial charge >= 0.3 is 0 Å². The largest absolute Gasteiger partial charge is 0.369 e. The normalized spacial score (nSPS) is 13.0. The molecule has 0 atom stereocenters. The number of rotatable bonds is 3. The first-order valence-electron chi connectivity index (χ1n) is 8.08. The summed E-state index contributed by atoms with van der Waals surface area (Å²) in [5.74, 6) is 1.03. The van der Waals surface area contributed by atoms with E-state index in [1.54, 1.807) is 0 Å². The van der Waals surface area contributed by atoms with Crippen LogP contribution in [0.1, 0.15) is 18.1 Å². The lowest BCUT2D eigenvalue weighted by atomic mass is 10.1. The second-order valence-corrected chi connectivity index (χ2v) is 6.70. The molecule has 3 aromatic rings. The van der Waals surface area contributed by atoms with Gasteiger partial charge in [0.05, 0.1) is 15.7 Å². The van der Waals surface area contributed by atoms with Crippen LogP contribution in [0.4, 0.5) is 5.82 Å². The molecule has 0 bridgehead atoms. The smallest absolute Gasteiger partial charge is 0.133 e. The molecule has 0 fully saturated rings. The predicted molar refractivity (Wildman–Crippen MR) is 101 cm³/mol. The molecule has 0 saturated carbocycles. The summed E-state index contributed by atoms with van der Waals surface area (Å²) in [6, 6.07) is 14.0. The molecule has 0 spiro atoms. The number of benzene rings is 2. The first-order valence-corrected chi connectivity index (χ1v) is 8.84. The van der Waals surface area contributed by atoms with Crippen molar-refractivity contribution in [2.45, 2.75) is 19.8 Å². The molecule has 2 heterocycles. The summed E-state index contributed by atoms with van der Waals surface area (Å²) in [6.45, 7) is 3.05. The maximum Gasteiger partial charge on any atom is 0.133 e. The lowest BCUT2D eigenvalue weighted by Crippen LogP contribution is -2.04. The van der Waals surface area contributed by atoms with Crippen LogP contribution < -0.4 is 5.32 Å². The lowest BCUT2D eigenvalue weighted by molar-refractivity contribution is 0.881. The minimum atomic E-state index is 0.628. The van der Waals surface area contributed by atoms with E-state index in [0.29, 0.717) is 10.0 Å². The molecule has 2 aromatic carbocycles. The van der Waals surface area contributed by atoms with Gasteiger partial charge in [-0.3, -0.25) is 0 Å². The number of hydrogen-bond donors (Lipinski definition) is 1. The molecule has 122 valence electrons. The van der Waals surface area contributed by atoms with Crippen LogP contribution in [0.5, 0.6) is 0 Å². The van der Waals surface area contributed by atoms with Gasteiger partial charge in [0.25, 0.3) is 0 Å². The molecule has 1 N–H and O–H groups in total. The highest BCUT2D eigenvalue weighted by Gasteiger charge is 2.26. The SMILES string of the molecule is CCc1ccc(-n2nc(-c3c(Cl)cccc3Cl)c3c2NCC3)cc1. The Hall–Kier alpha value is -1.97. The molecule has 0 unspecified atom stereocenters. The van der Waals surface area contributed by atoms with Crippen molar-refractivity contribution in [3.8, 4) is 16.9 Å². The van der Waals surface area contributed by atoms with Gasteiger partial charge < -0.3 is 5.32 Å². The van der Waals surface area contributed by atoms with Crippen molar-refractivity contribution < 1.29 is 0 Å². The highest BCUT2D eigenvalue weighted by atomic mass is 35.5. The second-order valence-electron chi connectivity index (χ2n) is 5.88. The van der Waals surface area contributed by atoms with Gasteiger partial charge in [-0.2, -0.15) is 5.10 Å². The average molecular weight is 358 g/mol. The van der Waals surface area contributed by atoms with E-state index in [9.17, 15) is 0 Å². The maximum absolute atomic E-state index is 6.41. The number of anilines is 1. The minimum Gasteiger partial charge on any atom is -0.369 e. The third kappa shape index (κ3) is 2.48. The Morgan fingerprint density at radius 2 is 1.79 bits per heavy atom. The number of aromatic nitrogens is 2. The Morgan fingerprint density at radius 3 is 2.46 bits per heavy atom. The average Bonchev–Trinajstić information content (AvgIpc) is 3.18. The van der Waals surface area contributed by atoms with E-state index in [0.717, 1.165) is 42.1 Å². The Labute approximate surface area is 151 Å². The number of nitrogens with one attached hydrogen (secondary N) is 1. The standard InChI is InChI=1S/C19H17Cl2N3/c1-2-12-6-8-13(9-7-12)24-19-14(10-11-22-19)18(23-24)17-15(20)4-3-5-16(17)21/h3-9,22H,2,10-11H2,1H3. The van der Waals surface area contributed by atoms with Crippen LogP contribution in [-0.4, -0.2) is 16.3 Å². The summed E-state index contributed by atoms with van der Waals surface area (Å²) in [5, 5.41) is 9.53. The first-order chi connectivity index (χ1) is 11.7. The Balaban J connectivity index is 1.89. The third-order valence-electron chi connectivity index (χ3n) is 4.44. The van der Waals surface area contributed by atoms with E-state index < -0.39 is 0 Å². The molecular weight excluding hydrogens is 341 g/mol. The van der Waals surface area contributed by atoms with E-state index in [2.05, 4.69) is 36.5 Å². The zero-order chi connectivity index (χ0) is 16.7. The zero-order valence-electron chi connectivity index (χ0n) is 13.3. The second kappa shape index (κ2) is 6.15. The van der Waals surface area contributed by atoms with Gasteiger partial charge in [-0.1, -0.05) is 48.3 Å². The van der Waals surface area contributed by atoms with Crippen molar-refractivity contribution in [3.63, 3.8) is 0 Å². The van der Waals surface area contributed by atoms with Gasteiger partial charge in [0.2, 0.25) is 0 Å². The topological polar surface area (TPSA) is 29.9 Å². The monoisotopic (exact) mass is 357 g/mol. The predicted octanol–water partition coefficient (Wildman–Crippen LogP) is 5.38. The van der Waals surface area contributed by atoms with Crippen LogP contribution in [0, 0.1) is 0 Å². The number of fused-ring (bicyclic) bond motifs is 1. The lowest BCUT2D eigenvalue weighted by Gasteiger charge is -2.08. The number of nitrogens with zero attached hydrogens (tertiary/aromatic N) is 2. The summed E-state index contributed by atoms with van der Waals surface area (Å²) in [7, 11) is 0. The van der Waals surface area contributed by atoms with E-state index in [1.807, 2.05) is 22.9 Å².